The van der Waals surface area contributed by atoms with Crippen LogP contribution >= 0.6 is 0 Å². The van der Waals surface area contributed by atoms with Crippen molar-refractivity contribution in [1.29, 1.82) is 0 Å². The minimum atomic E-state index is -0.278. The number of para-hydroxylation sites is 1. The number of benzene rings is 2. The quantitative estimate of drug-likeness (QED) is 0.807. The largest absolute Gasteiger partial charge is 0.490 e. The second-order valence-electron chi connectivity index (χ2n) is 5.49. The summed E-state index contributed by atoms with van der Waals surface area (Å²) in [6, 6.07) is 13.1. The van der Waals surface area contributed by atoms with Crippen molar-refractivity contribution in [3.05, 3.63) is 53.6 Å². The maximum atomic E-state index is 12.3. The van der Waals surface area contributed by atoms with E-state index in [2.05, 4.69) is 0 Å². The highest BCUT2D eigenvalue weighted by molar-refractivity contribution is 5.99. The van der Waals surface area contributed by atoms with Crippen molar-refractivity contribution in [2.24, 2.45) is 0 Å². The third-order valence-corrected chi connectivity index (χ3v) is 3.97. The zero-order valence-electron chi connectivity index (χ0n) is 12.1. The summed E-state index contributed by atoms with van der Waals surface area (Å²) in [5.41, 5.74) is 1.60. The van der Waals surface area contributed by atoms with Gasteiger partial charge in [-0.05, 0) is 29.8 Å². The van der Waals surface area contributed by atoms with Gasteiger partial charge in [0.15, 0.2) is 17.3 Å². The first-order valence-corrected chi connectivity index (χ1v) is 7.50. The van der Waals surface area contributed by atoms with Crippen LogP contribution in [0.15, 0.2) is 42.5 Å². The molecule has 2 heterocycles. The van der Waals surface area contributed by atoms with Crippen molar-refractivity contribution in [2.45, 2.75) is 18.9 Å². The lowest BCUT2D eigenvalue weighted by molar-refractivity contribution is 0.0849. The molecule has 0 amide bonds. The number of hydrogen-bond acceptors (Lipinski definition) is 4. The highest BCUT2D eigenvalue weighted by Gasteiger charge is 2.28. The molecule has 112 valence electrons. The van der Waals surface area contributed by atoms with Gasteiger partial charge in [-0.2, -0.15) is 0 Å². The van der Waals surface area contributed by atoms with Crippen LogP contribution in [0.3, 0.4) is 0 Å². The Kier molecular flexibility index (Phi) is 3.22. The minimum Gasteiger partial charge on any atom is -0.490 e. The van der Waals surface area contributed by atoms with E-state index in [1.54, 1.807) is 0 Å². The second-order valence-corrected chi connectivity index (χ2v) is 5.49. The molecule has 0 aromatic heterocycles. The molecule has 4 heteroatoms. The molecule has 0 bridgehead atoms. The zero-order chi connectivity index (χ0) is 14.9. The van der Waals surface area contributed by atoms with E-state index >= 15 is 0 Å². The SMILES string of the molecule is O=C1C[C@@H](c2ccc3c(c2)OCCCO3)Oc2ccccc21. The highest BCUT2D eigenvalue weighted by Crippen LogP contribution is 2.38. The van der Waals surface area contributed by atoms with Crippen LogP contribution in [0.1, 0.15) is 34.9 Å². The zero-order valence-corrected chi connectivity index (χ0v) is 12.1. The Morgan fingerprint density at radius 2 is 1.73 bits per heavy atom. The van der Waals surface area contributed by atoms with Crippen LogP contribution in [0.5, 0.6) is 17.2 Å². The molecule has 0 N–H and O–H groups in total. The number of hydrogen-bond donors (Lipinski definition) is 0. The maximum absolute atomic E-state index is 12.3. The number of Topliss-reactive ketones (excluding diaryl/α,β-unsaturated/α-hetero) is 1. The lowest BCUT2D eigenvalue weighted by Crippen LogP contribution is -2.20. The minimum absolute atomic E-state index is 0.110. The number of ether oxygens (including phenoxy) is 3. The monoisotopic (exact) mass is 296 g/mol. The first-order chi connectivity index (χ1) is 10.8. The van der Waals surface area contributed by atoms with Gasteiger partial charge in [0.1, 0.15) is 11.9 Å². The van der Waals surface area contributed by atoms with E-state index in [1.165, 1.54) is 0 Å². The smallest absolute Gasteiger partial charge is 0.170 e. The van der Waals surface area contributed by atoms with Gasteiger partial charge in [-0.1, -0.05) is 18.2 Å². The lowest BCUT2D eigenvalue weighted by Gasteiger charge is -2.25. The van der Waals surface area contributed by atoms with Crippen LogP contribution < -0.4 is 14.2 Å². The second kappa shape index (κ2) is 5.37. The standard InChI is InChI=1S/C18H16O4/c19-14-11-17(22-15-5-2-1-4-13(14)15)12-6-7-16-18(10-12)21-9-3-8-20-16/h1-2,4-7,10,17H,3,8-9,11H2/t17-/m0/s1. The van der Waals surface area contributed by atoms with E-state index in [-0.39, 0.29) is 11.9 Å². The predicted molar refractivity (Wildman–Crippen MR) is 80.8 cm³/mol. The van der Waals surface area contributed by atoms with Crippen molar-refractivity contribution in [2.75, 3.05) is 13.2 Å². The van der Waals surface area contributed by atoms with E-state index in [9.17, 15) is 4.79 Å². The van der Waals surface area contributed by atoms with Crippen molar-refractivity contribution in [3.8, 4) is 17.2 Å². The molecule has 2 aliphatic heterocycles. The Morgan fingerprint density at radius 3 is 2.64 bits per heavy atom. The summed E-state index contributed by atoms with van der Waals surface area (Å²) in [7, 11) is 0. The first kappa shape index (κ1) is 13.2. The van der Waals surface area contributed by atoms with Crippen molar-refractivity contribution >= 4 is 5.78 Å². The average molecular weight is 296 g/mol. The Bertz CT molecular complexity index is 723. The summed E-state index contributed by atoms with van der Waals surface area (Å²) >= 11 is 0. The molecule has 0 saturated carbocycles. The fraction of sp³-hybridized carbons (Fsp3) is 0.278. The number of fused-ring (bicyclic) bond motifs is 2. The van der Waals surface area contributed by atoms with Crippen LogP contribution in [0, 0.1) is 0 Å². The molecule has 2 aromatic carbocycles. The molecule has 0 radical (unpaired) electrons. The van der Waals surface area contributed by atoms with Crippen LogP contribution in [0.4, 0.5) is 0 Å². The summed E-state index contributed by atoms with van der Waals surface area (Å²) in [5, 5.41) is 0. The summed E-state index contributed by atoms with van der Waals surface area (Å²) in [6.07, 6.45) is 0.937. The van der Waals surface area contributed by atoms with Gasteiger partial charge in [-0.25, -0.2) is 0 Å². The molecule has 4 nitrogen and oxygen atoms in total. The van der Waals surface area contributed by atoms with E-state index in [4.69, 9.17) is 14.2 Å². The highest BCUT2D eigenvalue weighted by atomic mass is 16.5. The Labute approximate surface area is 128 Å². The number of ketones is 1. The fourth-order valence-corrected chi connectivity index (χ4v) is 2.84. The van der Waals surface area contributed by atoms with Gasteiger partial charge in [0.25, 0.3) is 0 Å². The summed E-state index contributed by atoms with van der Waals surface area (Å²) < 4.78 is 17.3. The Morgan fingerprint density at radius 1 is 0.909 bits per heavy atom. The van der Waals surface area contributed by atoms with Gasteiger partial charge >= 0.3 is 0 Å². The molecule has 0 saturated heterocycles. The molecule has 4 rings (SSSR count). The third-order valence-electron chi connectivity index (χ3n) is 3.97. The molecule has 0 fully saturated rings. The third kappa shape index (κ3) is 2.30. The van der Waals surface area contributed by atoms with Gasteiger partial charge in [0.2, 0.25) is 0 Å². The van der Waals surface area contributed by atoms with Crippen LogP contribution in [0.2, 0.25) is 0 Å². The number of carbonyl (C=O) groups excluding carboxylic acids is 1. The van der Waals surface area contributed by atoms with E-state index in [0.717, 1.165) is 23.5 Å². The molecule has 0 aliphatic carbocycles. The number of carbonyl (C=O) groups is 1. The molecule has 22 heavy (non-hydrogen) atoms. The average Bonchev–Trinajstić information content (AvgIpc) is 2.79. The summed E-state index contributed by atoms with van der Waals surface area (Å²) in [5.74, 6) is 2.24. The predicted octanol–water partition coefficient (Wildman–Crippen LogP) is 3.55. The molecule has 1 atom stereocenters. The molecule has 0 spiro atoms. The van der Waals surface area contributed by atoms with Crippen LogP contribution in [-0.4, -0.2) is 19.0 Å². The summed E-state index contributed by atoms with van der Waals surface area (Å²) in [4.78, 5) is 12.3. The molecule has 2 aliphatic rings. The van der Waals surface area contributed by atoms with Gasteiger partial charge in [-0.15, -0.1) is 0 Å². The van der Waals surface area contributed by atoms with E-state index in [0.29, 0.717) is 30.9 Å². The molecular formula is C18H16O4. The fourth-order valence-electron chi connectivity index (χ4n) is 2.84. The van der Waals surface area contributed by atoms with E-state index in [1.807, 2.05) is 42.5 Å². The van der Waals surface area contributed by atoms with Crippen LogP contribution in [-0.2, 0) is 0 Å². The van der Waals surface area contributed by atoms with Crippen molar-refractivity contribution < 1.29 is 19.0 Å². The summed E-state index contributed by atoms with van der Waals surface area (Å²) in [6.45, 7) is 1.31. The van der Waals surface area contributed by atoms with Crippen LogP contribution in [0.25, 0.3) is 0 Å². The topological polar surface area (TPSA) is 44.8 Å². The Balaban J connectivity index is 1.66. The number of rotatable bonds is 1. The normalized spacial score (nSPS) is 19.8. The van der Waals surface area contributed by atoms with Gasteiger partial charge in [-0.3, -0.25) is 4.79 Å². The first-order valence-electron chi connectivity index (χ1n) is 7.50. The van der Waals surface area contributed by atoms with Crippen molar-refractivity contribution in [1.82, 2.24) is 0 Å². The van der Waals surface area contributed by atoms with Crippen molar-refractivity contribution in [3.63, 3.8) is 0 Å². The molecule has 0 unspecified atom stereocenters. The van der Waals surface area contributed by atoms with Gasteiger partial charge in [0, 0.05) is 6.42 Å². The Hall–Kier alpha value is -2.49. The van der Waals surface area contributed by atoms with Gasteiger partial charge < -0.3 is 14.2 Å². The maximum Gasteiger partial charge on any atom is 0.170 e. The van der Waals surface area contributed by atoms with Gasteiger partial charge in [0.05, 0.1) is 25.2 Å². The molecular weight excluding hydrogens is 280 g/mol. The lowest BCUT2D eigenvalue weighted by atomic mass is 9.96. The molecule has 2 aromatic rings. The van der Waals surface area contributed by atoms with E-state index < -0.39 is 0 Å².